The van der Waals surface area contributed by atoms with Gasteiger partial charge in [0.1, 0.15) is 11.5 Å². The molecule has 0 aromatic carbocycles. The molecule has 0 aliphatic carbocycles. The first-order valence-corrected chi connectivity index (χ1v) is 8.98. The number of aliphatic hydroxyl groups excluding tert-OH is 1. The van der Waals surface area contributed by atoms with Crippen LogP contribution in [-0.4, -0.2) is 96.8 Å². The number of rotatable bonds is 3. The Hall–Kier alpha value is -1.77. The van der Waals surface area contributed by atoms with E-state index in [1.165, 1.54) is 0 Å². The molecule has 136 valence electrons. The van der Waals surface area contributed by atoms with Gasteiger partial charge in [-0.15, -0.1) is 0 Å². The number of nitrogens with one attached hydrogen (secondary N) is 1. The Balaban J connectivity index is 1.49. The highest BCUT2D eigenvalue weighted by Gasteiger charge is 2.49. The maximum atomic E-state index is 12.7. The predicted molar refractivity (Wildman–Crippen MR) is 93.5 cm³/mol. The highest BCUT2D eigenvalue weighted by Crippen LogP contribution is 2.39. The van der Waals surface area contributed by atoms with Gasteiger partial charge < -0.3 is 25.1 Å². The molecule has 3 saturated heterocycles. The molecule has 4 heterocycles. The maximum Gasteiger partial charge on any atom is 0.274 e. The fourth-order valence-electron chi connectivity index (χ4n) is 4.20. The van der Waals surface area contributed by atoms with E-state index in [0.29, 0.717) is 11.6 Å². The van der Waals surface area contributed by atoms with Crippen molar-refractivity contribution >= 4 is 11.7 Å². The summed E-state index contributed by atoms with van der Waals surface area (Å²) < 4.78 is 0. The molecule has 25 heavy (non-hydrogen) atoms. The number of aromatic nitrogens is 2. The molecular formula is C17H26N6O2. The van der Waals surface area contributed by atoms with Gasteiger partial charge in [-0.05, 0) is 13.0 Å². The van der Waals surface area contributed by atoms with Crippen molar-refractivity contribution in [3.8, 4) is 0 Å². The number of hydrogen-bond donors (Lipinski definition) is 2. The normalized spacial score (nSPS) is 29.9. The van der Waals surface area contributed by atoms with Gasteiger partial charge in [-0.1, -0.05) is 0 Å². The second-order valence-electron chi connectivity index (χ2n) is 7.59. The Morgan fingerprint density at radius 3 is 2.88 bits per heavy atom. The van der Waals surface area contributed by atoms with Crippen molar-refractivity contribution in [1.29, 1.82) is 0 Å². The van der Waals surface area contributed by atoms with E-state index in [0.717, 1.165) is 58.2 Å². The lowest BCUT2D eigenvalue weighted by molar-refractivity contribution is 0.0658. The number of carbonyl (C=O) groups excluding carboxylic acids is 1. The number of anilines is 1. The number of hydrogen-bond acceptors (Lipinski definition) is 7. The van der Waals surface area contributed by atoms with Gasteiger partial charge in [-0.3, -0.25) is 9.78 Å². The van der Waals surface area contributed by atoms with E-state index in [1.807, 2.05) is 4.90 Å². The molecule has 8 heteroatoms. The molecule has 0 radical (unpaired) electrons. The Kier molecular flexibility index (Phi) is 4.35. The van der Waals surface area contributed by atoms with Gasteiger partial charge in [0.2, 0.25) is 0 Å². The fraction of sp³-hybridized carbons (Fsp3) is 0.706. The zero-order chi connectivity index (χ0) is 17.4. The fourth-order valence-corrected chi connectivity index (χ4v) is 4.20. The summed E-state index contributed by atoms with van der Waals surface area (Å²) >= 11 is 0. The second kappa shape index (κ2) is 6.51. The first-order chi connectivity index (χ1) is 12.1. The highest BCUT2D eigenvalue weighted by molar-refractivity contribution is 5.92. The topological polar surface area (TPSA) is 84.8 Å². The van der Waals surface area contributed by atoms with Crippen LogP contribution in [0.15, 0.2) is 12.4 Å². The standard InChI is InChI=1S/C17H26N6O2/c1-21-2-4-22(5-3-21)16(25)14-7-18-8-15(20-14)23-9-13-6-19-10-17(13,11-23)12-24/h7-8,13,19,24H,2-6,9-12H2,1H3. The van der Waals surface area contributed by atoms with Crippen molar-refractivity contribution in [3.63, 3.8) is 0 Å². The van der Waals surface area contributed by atoms with Gasteiger partial charge in [-0.2, -0.15) is 0 Å². The summed E-state index contributed by atoms with van der Waals surface area (Å²) in [6, 6.07) is 0. The summed E-state index contributed by atoms with van der Waals surface area (Å²) in [6.07, 6.45) is 3.28. The largest absolute Gasteiger partial charge is 0.396 e. The van der Waals surface area contributed by atoms with Crippen LogP contribution in [0.2, 0.25) is 0 Å². The summed E-state index contributed by atoms with van der Waals surface area (Å²) in [4.78, 5) is 27.8. The van der Waals surface area contributed by atoms with Gasteiger partial charge in [0.05, 0.1) is 19.0 Å². The van der Waals surface area contributed by atoms with Crippen molar-refractivity contribution in [3.05, 3.63) is 18.1 Å². The molecule has 0 saturated carbocycles. The van der Waals surface area contributed by atoms with Crippen LogP contribution in [0.4, 0.5) is 5.82 Å². The molecule has 8 nitrogen and oxygen atoms in total. The van der Waals surface area contributed by atoms with Crippen LogP contribution in [0.3, 0.4) is 0 Å². The molecule has 0 bridgehead atoms. The van der Waals surface area contributed by atoms with Crippen molar-refractivity contribution < 1.29 is 9.90 Å². The molecule has 4 rings (SSSR count). The summed E-state index contributed by atoms with van der Waals surface area (Å²) in [5.41, 5.74) is 0.314. The molecule has 3 aliphatic heterocycles. The van der Waals surface area contributed by atoms with E-state index in [-0.39, 0.29) is 17.9 Å². The number of carbonyl (C=O) groups is 1. The third-order valence-electron chi connectivity index (χ3n) is 5.95. The lowest BCUT2D eigenvalue weighted by Crippen LogP contribution is -2.47. The molecule has 3 fully saturated rings. The van der Waals surface area contributed by atoms with Crippen LogP contribution in [0.25, 0.3) is 0 Å². The molecule has 1 aromatic heterocycles. The minimum Gasteiger partial charge on any atom is -0.396 e. The molecular weight excluding hydrogens is 320 g/mol. The van der Waals surface area contributed by atoms with Crippen LogP contribution >= 0.6 is 0 Å². The molecule has 2 unspecified atom stereocenters. The zero-order valence-electron chi connectivity index (χ0n) is 14.7. The Bertz CT molecular complexity index is 648. The molecule has 2 N–H and O–H groups in total. The molecule has 1 aromatic rings. The number of piperazine rings is 1. The van der Waals surface area contributed by atoms with Crippen LogP contribution in [0, 0.1) is 11.3 Å². The average Bonchev–Trinajstić information content (AvgIpc) is 3.19. The van der Waals surface area contributed by atoms with Gasteiger partial charge >= 0.3 is 0 Å². The third-order valence-corrected chi connectivity index (χ3v) is 5.95. The highest BCUT2D eigenvalue weighted by atomic mass is 16.3. The Morgan fingerprint density at radius 1 is 1.36 bits per heavy atom. The van der Waals surface area contributed by atoms with Crippen LogP contribution < -0.4 is 10.2 Å². The quantitative estimate of drug-likeness (QED) is 0.717. The first kappa shape index (κ1) is 16.7. The monoisotopic (exact) mass is 346 g/mol. The zero-order valence-corrected chi connectivity index (χ0v) is 14.7. The molecule has 2 atom stereocenters. The molecule has 0 spiro atoms. The molecule has 3 aliphatic rings. The lowest BCUT2D eigenvalue weighted by Gasteiger charge is -2.32. The van der Waals surface area contributed by atoms with Crippen LogP contribution in [-0.2, 0) is 0 Å². The van der Waals surface area contributed by atoms with Crippen LogP contribution in [0.5, 0.6) is 0 Å². The average molecular weight is 346 g/mol. The number of amides is 1. The van der Waals surface area contributed by atoms with Crippen molar-refractivity contribution in [1.82, 2.24) is 25.1 Å². The summed E-state index contributed by atoms with van der Waals surface area (Å²) in [5.74, 6) is 1.11. The van der Waals surface area contributed by atoms with Crippen molar-refractivity contribution in [2.24, 2.45) is 11.3 Å². The van der Waals surface area contributed by atoms with Gasteiger partial charge in [0, 0.05) is 57.8 Å². The predicted octanol–water partition coefficient (Wildman–Crippen LogP) is -1.12. The number of fused-ring (bicyclic) bond motifs is 1. The summed E-state index contributed by atoms with van der Waals surface area (Å²) in [5, 5.41) is 13.2. The number of likely N-dealkylation sites (N-methyl/N-ethyl adjacent to an activating group) is 1. The summed E-state index contributed by atoms with van der Waals surface area (Å²) in [6.45, 7) is 6.75. The Morgan fingerprint density at radius 2 is 2.16 bits per heavy atom. The van der Waals surface area contributed by atoms with E-state index >= 15 is 0 Å². The summed E-state index contributed by atoms with van der Waals surface area (Å²) in [7, 11) is 2.07. The Labute approximate surface area is 147 Å². The minimum atomic E-state index is -0.0981. The third kappa shape index (κ3) is 2.98. The maximum absolute atomic E-state index is 12.7. The van der Waals surface area contributed by atoms with Gasteiger partial charge in [-0.25, -0.2) is 4.98 Å². The molecule has 1 amide bonds. The van der Waals surface area contributed by atoms with Gasteiger partial charge in [0.15, 0.2) is 0 Å². The SMILES string of the molecule is CN1CCN(C(=O)c2cncc(N3CC4CNCC4(CO)C3)n2)CC1. The lowest BCUT2D eigenvalue weighted by atomic mass is 9.82. The van der Waals surface area contributed by atoms with E-state index < -0.39 is 0 Å². The number of nitrogens with zero attached hydrogens (tertiary/aromatic N) is 5. The van der Waals surface area contributed by atoms with Gasteiger partial charge in [0.25, 0.3) is 5.91 Å². The van der Waals surface area contributed by atoms with E-state index in [2.05, 4.69) is 32.1 Å². The minimum absolute atomic E-state index is 0.0413. The van der Waals surface area contributed by atoms with E-state index in [1.54, 1.807) is 12.4 Å². The van der Waals surface area contributed by atoms with E-state index in [4.69, 9.17) is 0 Å². The van der Waals surface area contributed by atoms with E-state index in [9.17, 15) is 9.90 Å². The second-order valence-corrected chi connectivity index (χ2v) is 7.59. The van der Waals surface area contributed by atoms with Crippen molar-refractivity contribution in [2.75, 3.05) is 70.9 Å². The van der Waals surface area contributed by atoms with Crippen molar-refractivity contribution in [2.45, 2.75) is 0 Å². The van der Waals surface area contributed by atoms with Crippen LogP contribution in [0.1, 0.15) is 10.5 Å². The number of aliphatic hydroxyl groups is 1. The smallest absolute Gasteiger partial charge is 0.274 e. The first-order valence-electron chi connectivity index (χ1n) is 8.98.